The Morgan fingerprint density at radius 2 is 1.73 bits per heavy atom. The Morgan fingerprint density at radius 1 is 1.20 bits per heavy atom. The summed E-state index contributed by atoms with van der Waals surface area (Å²) < 4.78 is 0. The smallest absolute Gasteiger partial charge is 0.0432 e. The van der Waals surface area contributed by atoms with E-state index in [1.807, 2.05) is 6.92 Å². The van der Waals surface area contributed by atoms with Gasteiger partial charge in [0.05, 0.1) is 0 Å². The Balaban J connectivity index is 2.68. The van der Waals surface area contributed by atoms with Gasteiger partial charge in [-0.15, -0.1) is 11.6 Å². The fraction of sp³-hybridized carbons (Fsp3) is 0.538. The molecule has 0 aliphatic carbocycles. The molecule has 0 heterocycles. The second kappa shape index (κ2) is 5.53. The maximum atomic E-state index is 5.89. The van der Waals surface area contributed by atoms with Gasteiger partial charge in [0, 0.05) is 18.5 Å². The van der Waals surface area contributed by atoms with E-state index in [0.29, 0.717) is 0 Å². The minimum absolute atomic E-state index is 0.191. The van der Waals surface area contributed by atoms with Crippen LogP contribution in [0, 0.1) is 20.8 Å². The SMILES string of the molecule is Cc1cc(C)c(CNCC(C)Cl)c(C)c1. The average molecular weight is 226 g/mol. The molecule has 0 amide bonds. The van der Waals surface area contributed by atoms with Crippen LogP contribution in [-0.4, -0.2) is 11.9 Å². The molecule has 1 unspecified atom stereocenters. The number of rotatable bonds is 4. The van der Waals surface area contributed by atoms with Crippen LogP contribution in [-0.2, 0) is 6.54 Å². The first-order valence-corrected chi connectivity index (χ1v) is 5.86. The summed E-state index contributed by atoms with van der Waals surface area (Å²) in [4.78, 5) is 0. The molecule has 1 atom stereocenters. The van der Waals surface area contributed by atoms with Crippen LogP contribution in [0.5, 0.6) is 0 Å². The van der Waals surface area contributed by atoms with Crippen LogP contribution < -0.4 is 5.32 Å². The minimum atomic E-state index is 0.191. The van der Waals surface area contributed by atoms with Crippen molar-refractivity contribution in [3.05, 3.63) is 34.4 Å². The third-order valence-electron chi connectivity index (χ3n) is 2.57. The van der Waals surface area contributed by atoms with Gasteiger partial charge in [0.25, 0.3) is 0 Å². The molecule has 0 bridgehead atoms. The molecule has 0 aromatic heterocycles. The number of aryl methyl sites for hydroxylation is 3. The van der Waals surface area contributed by atoms with E-state index in [2.05, 4.69) is 38.2 Å². The lowest BCUT2D eigenvalue weighted by Crippen LogP contribution is -2.21. The lowest BCUT2D eigenvalue weighted by molar-refractivity contribution is 0.675. The molecule has 1 aromatic carbocycles. The zero-order chi connectivity index (χ0) is 11.4. The Hall–Kier alpha value is -0.530. The first kappa shape index (κ1) is 12.5. The summed E-state index contributed by atoms with van der Waals surface area (Å²) in [6.07, 6.45) is 0. The molecule has 0 saturated carbocycles. The number of hydrogen-bond donors (Lipinski definition) is 1. The normalized spacial score (nSPS) is 12.9. The fourth-order valence-electron chi connectivity index (χ4n) is 1.88. The third-order valence-corrected chi connectivity index (χ3v) is 2.72. The maximum Gasteiger partial charge on any atom is 0.0432 e. The predicted molar refractivity (Wildman–Crippen MR) is 67.7 cm³/mol. The number of alkyl halides is 1. The van der Waals surface area contributed by atoms with Gasteiger partial charge in [0.15, 0.2) is 0 Å². The van der Waals surface area contributed by atoms with Gasteiger partial charge in [0.1, 0.15) is 0 Å². The zero-order valence-corrected chi connectivity index (χ0v) is 10.8. The van der Waals surface area contributed by atoms with Gasteiger partial charge < -0.3 is 5.32 Å². The highest BCUT2D eigenvalue weighted by Crippen LogP contribution is 2.15. The van der Waals surface area contributed by atoms with E-state index in [1.165, 1.54) is 22.3 Å². The molecule has 0 spiro atoms. The Morgan fingerprint density at radius 3 is 2.20 bits per heavy atom. The minimum Gasteiger partial charge on any atom is -0.311 e. The van der Waals surface area contributed by atoms with Gasteiger partial charge in [-0.05, 0) is 44.4 Å². The third kappa shape index (κ3) is 3.84. The lowest BCUT2D eigenvalue weighted by Gasteiger charge is -2.12. The predicted octanol–water partition coefficient (Wildman–Crippen LogP) is 3.33. The molecular formula is C13H20ClN. The van der Waals surface area contributed by atoms with E-state index in [-0.39, 0.29) is 5.38 Å². The first-order valence-electron chi connectivity index (χ1n) is 5.42. The topological polar surface area (TPSA) is 12.0 Å². The summed E-state index contributed by atoms with van der Waals surface area (Å²) in [5.74, 6) is 0. The van der Waals surface area contributed by atoms with Gasteiger partial charge >= 0.3 is 0 Å². The fourth-order valence-corrected chi connectivity index (χ4v) is 1.99. The molecule has 1 rings (SSSR count). The maximum absolute atomic E-state index is 5.89. The van der Waals surface area contributed by atoms with Gasteiger partial charge in [0.2, 0.25) is 0 Å². The van der Waals surface area contributed by atoms with Crippen molar-refractivity contribution >= 4 is 11.6 Å². The monoisotopic (exact) mass is 225 g/mol. The average Bonchev–Trinajstić information content (AvgIpc) is 2.08. The Bertz CT molecular complexity index is 308. The summed E-state index contributed by atoms with van der Waals surface area (Å²) in [6.45, 7) is 10.2. The van der Waals surface area contributed by atoms with Crippen molar-refractivity contribution in [1.82, 2.24) is 5.32 Å². The van der Waals surface area contributed by atoms with Crippen LogP contribution in [0.25, 0.3) is 0 Å². The largest absolute Gasteiger partial charge is 0.311 e. The van der Waals surface area contributed by atoms with Gasteiger partial charge in [-0.3, -0.25) is 0 Å². The van der Waals surface area contributed by atoms with Crippen LogP contribution in [0.1, 0.15) is 29.2 Å². The van der Waals surface area contributed by atoms with E-state index in [0.717, 1.165) is 13.1 Å². The highest BCUT2D eigenvalue weighted by molar-refractivity contribution is 6.20. The quantitative estimate of drug-likeness (QED) is 0.776. The Labute approximate surface area is 97.8 Å². The Kier molecular flexibility index (Phi) is 4.62. The highest BCUT2D eigenvalue weighted by atomic mass is 35.5. The van der Waals surface area contributed by atoms with Crippen molar-refractivity contribution in [2.45, 2.75) is 39.6 Å². The van der Waals surface area contributed by atoms with Crippen molar-refractivity contribution in [3.8, 4) is 0 Å². The molecule has 15 heavy (non-hydrogen) atoms. The summed E-state index contributed by atoms with van der Waals surface area (Å²) in [7, 11) is 0. The summed E-state index contributed by atoms with van der Waals surface area (Å²) in [6, 6.07) is 4.46. The molecule has 0 fully saturated rings. The van der Waals surface area contributed by atoms with Crippen molar-refractivity contribution in [2.24, 2.45) is 0 Å². The molecule has 0 aliphatic heterocycles. The van der Waals surface area contributed by atoms with Crippen LogP contribution in [0.3, 0.4) is 0 Å². The second-order valence-corrected chi connectivity index (χ2v) is 5.03. The number of hydrogen-bond acceptors (Lipinski definition) is 1. The van der Waals surface area contributed by atoms with E-state index in [4.69, 9.17) is 11.6 Å². The van der Waals surface area contributed by atoms with Crippen LogP contribution in [0.2, 0.25) is 0 Å². The van der Waals surface area contributed by atoms with Crippen LogP contribution >= 0.6 is 11.6 Å². The van der Waals surface area contributed by atoms with E-state index in [1.54, 1.807) is 0 Å². The van der Waals surface area contributed by atoms with Gasteiger partial charge in [-0.1, -0.05) is 17.7 Å². The van der Waals surface area contributed by atoms with Crippen molar-refractivity contribution in [2.75, 3.05) is 6.54 Å². The van der Waals surface area contributed by atoms with Crippen LogP contribution in [0.15, 0.2) is 12.1 Å². The molecule has 84 valence electrons. The molecule has 2 heteroatoms. The van der Waals surface area contributed by atoms with Crippen molar-refractivity contribution in [3.63, 3.8) is 0 Å². The van der Waals surface area contributed by atoms with E-state index >= 15 is 0 Å². The second-order valence-electron chi connectivity index (χ2n) is 4.29. The summed E-state index contributed by atoms with van der Waals surface area (Å²) in [5.41, 5.74) is 5.46. The number of benzene rings is 1. The van der Waals surface area contributed by atoms with Crippen LogP contribution in [0.4, 0.5) is 0 Å². The van der Waals surface area contributed by atoms with Gasteiger partial charge in [-0.25, -0.2) is 0 Å². The standard InChI is InChI=1S/C13H20ClN/c1-9-5-10(2)13(11(3)6-9)8-15-7-12(4)14/h5-6,12,15H,7-8H2,1-4H3. The van der Waals surface area contributed by atoms with E-state index in [9.17, 15) is 0 Å². The van der Waals surface area contributed by atoms with Crippen molar-refractivity contribution in [1.29, 1.82) is 0 Å². The lowest BCUT2D eigenvalue weighted by atomic mass is 10.00. The van der Waals surface area contributed by atoms with Crippen molar-refractivity contribution < 1.29 is 0 Å². The number of halogens is 1. The molecule has 0 saturated heterocycles. The first-order chi connectivity index (χ1) is 7.00. The summed E-state index contributed by atoms with van der Waals surface area (Å²) >= 11 is 5.89. The zero-order valence-electron chi connectivity index (χ0n) is 10.0. The molecule has 1 nitrogen and oxygen atoms in total. The molecule has 1 N–H and O–H groups in total. The highest BCUT2D eigenvalue weighted by Gasteiger charge is 2.03. The molecule has 1 aromatic rings. The van der Waals surface area contributed by atoms with E-state index < -0.39 is 0 Å². The number of nitrogens with one attached hydrogen (secondary N) is 1. The molecule has 0 radical (unpaired) electrons. The molecule has 0 aliphatic rings. The van der Waals surface area contributed by atoms with Gasteiger partial charge in [-0.2, -0.15) is 0 Å². The molecular weight excluding hydrogens is 206 g/mol. The summed E-state index contributed by atoms with van der Waals surface area (Å²) in [5, 5.41) is 3.56.